The van der Waals surface area contributed by atoms with Gasteiger partial charge in [0.15, 0.2) is 0 Å². The molecule has 0 aliphatic carbocycles. The van der Waals surface area contributed by atoms with Crippen LogP contribution >= 0.6 is 11.6 Å². The molecule has 0 fully saturated rings. The Bertz CT molecular complexity index is 400. The van der Waals surface area contributed by atoms with E-state index >= 15 is 0 Å². The van der Waals surface area contributed by atoms with Gasteiger partial charge in [-0.15, -0.1) is 24.8 Å². The summed E-state index contributed by atoms with van der Waals surface area (Å²) >= 11 is 6.15. The van der Waals surface area contributed by atoms with Gasteiger partial charge in [0.2, 0.25) is 0 Å². The molecule has 1 heterocycles. The lowest BCUT2D eigenvalue weighted by Gasteiger charge is -2.09. The summed E-state index contributed by atoms with van der Waals surface area (Å²) in [6, 6.07) is 2.05. The molecule has 17 heavy (non-hydrogen) atoms. The molecule has 3 heteroatoms. The van der Waals surface area contributed by atoms with Gasteiger partial charge in [0.05, 0.1) is 16.8 Å². The first-order valence-electron chi connectivity index (χ1n) is 5.54. The Morgan fingerprint density at radius 3 is 2.47 bits per heavy atom. The predicted octanol–water partition coefficient (Wildman–Crippen LogP) is 4.12. The van der Waals surface area contributed by atoms with E-state index in [9.17, 15) is 0 Å². The summed E-state index contributed by atoms with van der Waals surface area (Å²) in [6.07, 6.45) is 6.02. The van der Waals surface area contributed by atoms with Crippen LogP contribution in [-0.4, -0.2) is 15.2 Å². The molecule has 1 aromatic rings. The molecule has 1 unspecified atom stereocenters. The van der Waals surface area contributed by atoms with Gasteiger partial charge in [0.1, 0.15) is 0 Å². The van der Waals surface area contributed by atoms with Gasteiger partial charge >= 0.3 is 0 Å². The Morgan fingerprint density at radius 1 is 1.53 bits per heavy atom. The fourth-order valence-corrected chi connectivity index (χ4v) is 1.69. The van der Waals surface area contributed by atoms with E-state index in [1.807, 2.05) is 56.8 Å². The van der Waals surface area contributed by atoms with Crippen molar-refractivity contribution < 1.29 is 0 Å². The van der Waals surface area contributed by atoms with Crippen molar-refractivity contribution in [1.82, 2.24) is 9.78 Å². The minimum absolute atomic E-state index is 0.0176. The number of hydrogen-bond acceptors (Lipinski definition) is 1. The maximum absolute atomic E-state index is 6.15. The largest absolute Gasteiger partial charge is 0.268 e. The predicted molar refractivity (Wildman–Crippen MR) is 77.3 cm³/mol. The molecule has 0 saturated carbocycles. The third kappa shape index (κ3) is 4.61. The van der Waals surface area contributed by atoms with E-state index in [2.05, 4.69) is 18.3 Å². The third-order valence-corrected chi connectivity index (χ3v) is 2.43. The Balaban J connectivity index is 0.00000121. The lowest BCUT2D eigenvalue weighted by Crippen LogP contribution is -2.03. The van der Waals surface area contributed by atoms with Crippen LogP contribution in [-0.2, 0) is 7.05 Å². The summed E-state index contributed by atoms with van der Waals surface area (Å²) in [7, 11) is 1.94. The molecule has 0 aliphatic rings. The number of aryl methyl sites for hydroxylation is 2. The second kappa shape index (κ2) is 7.91. The first kappa shape index (κ1) is 15.7. The zero-order valence-electron chi connectivity index (χ0n) is 11.1. The van der Waals surface area contributed by atoms with E-state index < -0.39 is 0 Å². The Kier molecular flexibility index (Phi) is 7.31. The topological polar surface area (TPSA) is 17.8 Å². The first-order valence-corrected chi connectivity index (χ1v) is 5.98. The monoisotopic (exact) mass is 252 g/mol. The first-order chi connectivity index (χ1) is 8.06. The number of alkyl halides is 1. The molecule has 0 bridgehead atoms. The number of nitrogens with zero attached hydrogens (tertiary/aromatic N) is 2. The lowest BCUT2D eigenvalue weighted by molar-refractivity contribution is 0.743. The SMILES string of the molecule is C/C=C\C=C(\c1cc(C)nn1C)C(C)Cl.C=C. The Hall–Kier alpha value is -1.28. The fourth-order valence-electron chi connectivity index (χ4n) is 1.50. The molecule has 1 rings (SSSR count). The highest BCUT2D eigenvalue weighted by Gasteiger charge is 2.12. The van der Waals surface area contributed by atoms with Crippen LogP contribution in [0.4, 0.5) is 0 Å². The number of allylic oxidation sites excluding steroid dienone is 4. The molecule has 0 saturated heterocycles. The van der Waals surface area contributed by atoms with Crippen molar-refractivity contribution in [2.24, 2.45) is 7.05 Å². The van der Waals surface area contributed by atoms with Crippen molar-refractivity contribution >= 4 is 17.2 Å². The highest BCUT2D eigenvalue weighted by atomic mass is 35.5. The second-order valence-corrected chi connectivity index (χ2v) is 4.21. The van der Waals surface area contributed by atoms with E-state index in [1.165, 1.54) is 0 Å². The van der Waals surface area contributed by atoms with E-state index in [1.54, 1.807) is 0 Å². The molecule has 1 atom stereocenters. The average molecular weight is 253 g/mol. The van der Waals surface area contributed by atoms with Gasteiger partial charge in [-0.25, -0.2) is 0 Å². The molecular weight excluding hydrogens is 232 g/mol. The van der Waals surface area contributed by atoms with E-state index in [0.29, 0.717) is 0 Å². The minimum Gasteiger partial charge on any atom is -0.268 e. The molecule has 0 spiro atoms. The molecule has 2 nitrogen and oxygen atoms in total. The molecule has 0 aromatic carbocycles. The molecule has 0 radical (unpaired) electrons. The zero-order chi connectivity index (χ0) is 13.4. The van der Waals surface area contributed by atoms with Crippen molar-refractivity contribution in [3.05, 3.63) is 48.8 Å². The standard InChI is InChI=1S/C12H17ClN2.C2H4/c1-5-6-7-11(10(3)13)12-8-9(2)14-15(12)4;1-2/h5-8,10H,1-4H3;1-2H2/b6-5-,11-7+;. The van der Waals surface area contributed by atoms with Gasteiger partial charge in [0.25, 0.3) is 0 Å². The summed E-state index contributed by atoms with van der Waals surface area (Å²) in [5.41, 5.74) is 3.18. The smallest absolute Gasteiger partial charge is 0.0656 e. The van der Waals surface area contributed by atoms with Crippen LogP contribution in [0, 0.1) is 6.92 Å². The molecular formula is C14H21ClN2. The highest BCUT2D eigenvalue weighted by molar-refractivity contribution is 6.26. The van der Waals surface area contributed by atoms with Crippen LogP contribution < -0.4 is 0 Å². The Morgan fingerprint density at radius 2 is 2.12 bits per heavy atom. The summed E-state index contributed by atoms with van der Waals surface area (Å²) in [6.45, 7) is 11.9. The van der Waals surface area contributed by atoms with Gasteiger partial charge < -0.3 is 0 Å². The normalized spacial score (nSPS) is 13.4. The Labute approximate surface area is 109 Å². The summed E-state index contributed by atoms with van der Waals surface area (Å²) < 4.78 is 1.86. The summed E-state index contributed by atoms with van der Waals surface area (Å²) in [5.74, 6) is 0. The van der Waals surface area contributed by atoms with Crippen molar-refractivity contribution in [1.29, 1.82) is 0 Å². The van der Waals surface area contributed by atoms with Crippen LogP contribution in [0.1, 0.15) is 25.2 Å². The van der Waals surface area contributed by atoms with Crippen LogP contribution in [0.25, 0.3) is 5.57 Å². The van der Waals surface area contributed by atoms with Crippen molar-refractivity contribution in [3.8, 4) is 0 Å². The maximum Gasteiger partial charge on any atom is 0.0656 e. The minimum atomic E-state index is -0.0176. The van der Waals surface area contributed by atoms with Crippen LogP contribution in [0.5, 0.6) is 0 Å². The van der Waals surface area contributed by atoms with Gasteiger partial charge in [0, 0.05) is 7.05 Å². The summed E-state index contributed by atoms with van der Waals surface area (Å²) in [5, 5.41) is 4.30. The van der Waals surface area contributed by atoms with Crippen LogP contribution in [0.3, 0.4) is 0 Å². The van der Waals surface area contributed by atoms with E-state index in [-0.39, 0.29) is 5.38 Å². The quantitative estimate of drug-likeness (QED) is 0.450. The van der Waals surface area contributed by atoms with Crippen LogP contribution in [0.15, 0.2) is 37.5 Å². The van der Waals surface area contributed by atoms with Crippen molar-refractivity contribution in [2.75, 3.05) is 0 Å². The van der Waals surface area contributed by atoms with Crippen LogP contribution in [0.2, 0.25) is 0 Å². The maximum atomic E-state index is 6.15. The second-order valence-electron chi connectivity index (χ2n) is 3.56. The fraction of sp³-hybridized carbons (Fsp3) is 0.357. The average Bonchev–Trinajstić information content (AvgIpc) is 2.61. The number of aromatic nitrogens is 2. The van der Waals surface area contributed by atoms with Gasteiger partial charge in [-0.3, -0.25) is 4.68 Å². The van der Waals surface area contributed by atoms with E-state index in [4.69, 9.17) is 11.6 Å². The molecule has 0 amide bonds. The van der Waals surface area contributed by atoms with Gasteiger partial charge in [-0.1, -0.05) is 18.2 Å². The van der Waals surface area contributed by atoms with Gasteiger partial charge in [-0.2, -0.15) is 5.10 Å². The lowest BCUT2D eigenvalue weighted by atomic mass is 10.1. The van der Waals surface area contributed by atoms with Crippen molar-refractivity contribution in [3.63, 3.8) is 0 Å². The zero-order valence-corrected chi connectivity index (χ0v) is 11.8. The number of halogens is 1. The third-order valence-electron chi connectivity index (χ3n) is 2.19. The number of rotatable bonds is 3. The number of hydrogen-bond donors (Lipinski definition) is 0. The molecule has 1 aromatic heterocycles. The van der Waals surface area contributed by atoms with Crippen molar-refractivity contribution in [2.45, 2.75) is 26.1 Å². The molecule has 94 valence electrons. The van der Waals surface area contributed by atoms with Gasteiger partial charge in [-0.05, 0) is 32.4 Å². The summed E-state index contributed by atoms with van der Waals surface area (Å²) in [4.78, 5) is 0. The van der Waals surface area contributed by atoms with E-state index in [0.717, 1.165) is 17.0 Å². The highest BCUT2D eigenvalue weighted by Crippen LogP contribution is 2.22. The molecule has 0 aliphatic heterocycles. The molecule has 0 N–H and O–H groups in total.